The van der Waals surface area contributed by atoms with Gasteiger partial charge in [-0.25, -0.2) is 0 Å². The summed E-state index contributed by atoms with van der Waals surface area (Å²) in [5.41, 5.74) is -0.589. The number of amides is 2. The van der Waals surface area contributed by atoms with E-state index >= 15 is 0 Å². The largest absolute Gasteiger partial charge is 0.497 e. The Morgan fingerprint density at radius 1 is 1.34 bits per heavy atom. The zero-order chi connectivity index (χ0) is 23.0. The third-order valence-corrected chi connectivity index (χ3v) is 7.36. The second-order valence-corrected chi connectivity index (χ2v) is 9.42. The summed E-state index contributed by atoms with van der Waals surface area (Å²) in [5.74, 6) is -2.12. The highest BCUT2D eigenvalue weighted by atomic mass is 79.9. The first-order chi connectivity index (χ1) is 15.4. The van der Waals surface area contributed by atoms with Gasteiger partial charge >= 0.3 is 5.97 Å². The number of halogens is 1. The highest BCUT2D eigenvalue weighted by Gasteiger charge is 2.76. The number of benzene rings is 1. The number of rotatable bonds is 8. The predicted octanol–water partition coefficient (Wildman–Crippen LogP) is 1.33. The lowest BCUT2D eigenvalue weighted by molar-refractivity contribution is -0.154. The van der Waals surface area contributed by atoms with Crippen LogP contribution in [0.4, 0.5) is 5.69 Å². The summed E-state index contributed by atoms with van der Waals surface area (Å²) in [5, 5.41) is 12.2. The van der Waals surface area contributed by atoms with Crippen molar-refractivity contribution in [3.63, 3.8) is 0 Å². The zero-order valence-corrected chi connectivity index (χ0v) is 19.5. The summed E-state index contributed by atoms with van der Waals surface area (Å²) in [4.78, 5) is 41.0. The van der Waals surface area contributed by atoms with Crippen LogP contribution in [-0.2, 0) is 23.9 Å². The number of nitrogens with one attached hydrogen (secondary N) is 1. The Labute approximate surface area is 194 Å². The Bertz CT molecular complexity index is 895. The number of alkyl halides is 1. The first-order valence-corrected chi connectivity index (χ1v) is 11.6. The monoisotopic (exact) mass is 510 g/mol. The summed E-state index contributed by atoms with van der Waals surface area (Å²) < 4.78 is 16.7. The molecule has 32 heavy (non-hydrogen) atoms. The molecule has 174 valence electrons. The van der Waals surface area contributed by atoms with Gasteiger partial charge in [0.05, 0.1) is 31.7 Å². The lowest BCUT2D eigenvalue weighted by Gasteiger charge is -2.34. The molecule has 2 bridgehead atoms. The molecule has 0 aromatic heterocycles. The second kappa shape index (κ2) is 8.99. The van der Waals surface area contributed by atoms with Gasteiger partial charge < -0.3 is 29.5 Å². The third kappa shape index (κ3) is 3.58. The normalized spacial score (nSPS) is 32.7. The molecule has 2 N–H and O–H groups in total. The molecule has 1 aromatic rings. The number of carbonyl (C=O) groups excluding carboxylic acids is 3. The maximum Gasteiger partial charge on any atom is 0.312 e. The van der Waals surface area contributed by atoms with Gasteiger partial charge in [0.25, 0.3) is 0 Å². The number of aliphatic hydroxyl groups is 1. The van der Waals surface area contributed by atoms with E-state index < -0.39 is 41.5 Å². The minimum Gasteiger partial charge on any atom is -0.497 e. The number of carbonyl (C=O) groups is 3. The number of nitrogens with zero attached hydrogens (tertiary/aromatic N) is 1. The van der Waals surface area contributed by atoms with Gasteiger partial charge in [-0.3, -0.25) is 14.4 Å². The topological polar surface area (TPSA) is 114 Å². The molecule has 4 rings (SSSR count). The Balaban J connectivity index is 1.68. The SMILES string of the molecule is CCOC(=O)[C@H]1[C@@H]2O[C@@]3(CC2Br)[C@@H]1C(=O)N(CCCO)[C@@H]3C(=O)Nc1ccc(OC)cc1. The van der Waals surface area contributed by atoms with Crippen molar-refractivity contribution in [2.24, 2.45) is 11.8 Å². The van der Waals surface area contributed by atoms with Crippen LogP contribution >= 0.6 is 15.9 Å². The van der Waals surface area contributed by atoms with Gasteiger partial charge in [-0.15, -0.1) is 0 Å². The van der Waals surface area contributed by atoms with Gasteiger partial charge in [-0.1, -0.05) is 15.9 Å². The maximum absolute atomic E-state index is 13.5. The fourth-order valence-corrected chi connectivity index (χ4v) is 6.25. The zero-order valence-electron chi connectivity index (χ0n) is 18.0. The number of aliphatic hydroxyl groups excluding tert-OH is 1. The van der Waals surface area contributed by atoms with E-state index in [0.717, 1.165) is 0 Å². The summed E-state index contributed by atoms with van der Waals surface area (Å²) >= 11 is 3.59. The summed E-state index contributed by atoms with van der Waals surface area (Å²) in [6.07, 6.45) is 0.186. The van der Waals surface area contributed by atoms with Crippen LogP contribution in [-0.4, -0.2) is 77.2 Å². The van der Waals surface area contributed by atoms with Crippen molar-refractivity contribution in [2.75, 3.05) is 32.2 Å². The Kier molecular flexibility index (Phi) is 6.46. The van der Waals surface area contributed by atoms with Gasteiger partial charge in [-0.05, 0) is 44.0 Å². The fourth-order valence-electron chi connectivity index (χ4n) is 5.30. The molecule has 3 aliphatic heterocycles. The maximum atomic E-state index is 13.5. The minimum atomic E-state index is -1.14. The molecule has 0 aliphatic carbocycles. The third-order valence-electron chi connectivity index (χ3n) is 6.51. The molecule has 2 amide bonds. The standard InChI is InChI=1S/C22H27BrN2O7/c1-3-31-21(29)15-16-20(28)25(9-4-10-26)18(22(16)11-14(23)17(15)32-22)19(27)24-12-5-7-13(30-2)8-6-12/h5-8,14-18,26H,3-4,9-11H2,1-2H3,(H,24,27)/t14?,15-,16+,17-,18-,22+/m1/s1. The molecular weight excluding hydrogens is 484 g/mol. The van der Waals surface area contributed by atoms with E-state index in [-0.39, 0.29) is 30.5 Å². The van der Waals surface area contributed by atoms with Gasteiger partial charge in [0.2, 0.25) is 11.8 Å². The van der Waals surface area contributed by atoms with Crippen molar-refractivity contribution >= 4 is 39.4 Å². The lowest BCUT2D eigenvalue weighted by atomic mass is 9.70. The highest BCUT2D eigenvalue weighted by Crippen LogP contribution is 2.60. The molecule has 9 nitrogen and oxygen atoms in total. The second-order valence-electron chi connectivity index (χ2n) is 8.24. The number of methoxy groups -OCH3 is 1. The molecule has 3 saturated heterocycles. The van der Waals surface area contributed by atoms with Crippen molar-refractivity contribution in [1.82, 2.24) is 4.90 Å². The number of likely N-dealkylation sites (tertiary alicyclic amines) is 1. The average molecular weight is 511 g/mol. The number of fused-ring (bicyclic) bond motifs is 1. The van der Waals surface area contributed by atoms with Crippen LogP contribution in [0, 0.1) is 11.8 Å². The van der Waals surface area contributed by atoms with E-state index in [1.54, 1.807) is 38.3 Å². The van der Waals surface area contributed by atoms with E-state index in [1.807, 2.05) is 0 Å². The molecule has 1 spiro atoms. The summed E-state index contributed by atoms with van der Waals surface area (Å²) in [7, 11) is 1.56. The van der Waals surface area contributed by atoms with Crippen molar-refractivity contribution in [3.05, 3.63) is 24.3 Å². The van der Waals surface area contributed by atoms with Crippen LogP contribution in [0.15, 0.2) is 24.3 Å². The summed E-state index contributed by atoms with van der Waals surface area (Å²) in [6, 6.07) is 5.94. The van der Waals surface area contributed by atoms with Crippen LogP contribution in [0.3, 0.4) is 0 Å². The quantitative estimate of drug-likeness (QED) is 0.400. The number of hydrogen-bond acceptors (Lipinski definition) is 7. The Hall–Kier alpha value is -2.17. The van der Waals surface area contributed by atoms with E-state index in [2.05, 4.69) is 21.2 Å². The van der Waals surface area contributed by atoms with Gasteiger partial charge in [0.15, 0.2) is 0 Å². The molecule has 3 fully saturated rings. The molecule has 0 radical (unpaired) electrons. The van der Waals surface area contributed by atoms with Gasteiger partial charge in [-0.2, -0.15) is 0 Å². The van der Waals surface area contributed by atoms with E-state index in [1.165, 1.54) is 4.90 Å². The van der Waals surface area contributed by atoms with Crippen LogP contribution in [0.2, 0.25) is 0 Å². The van der Waals surface area contributed by atoms with Gasteiger partial charge in [0, 0.05) is 23.7 Å². The molecular formula is C22H27BrN2O7. The molecule has 3 aliphatic rings. The van der Waals surface area contributed by atoms with E-state index in [0.29, 0.717) is 24.3 Å². The van der Waals surface area contributed by atoms with Crippen LogP contribution in [0.25, 0.3) is 0 Å². The first-order valence-electron chi connectivity index (χ1n) is 10.7. The van der Waals surface area contributed by atoms with Crippen molar-refractivity contribution in [1.29, 1.82) is 0 Å². The smallest absolute Gasteiger partial charge is 0.312 e. The van der Waals surface area contributed by atoms with Crippen molar-refractivity contribution in [3.8, 4) is 5.75 Å². The average Bonchev–Trinajstić information content (AvgIpc) is 3.36. The molecule has 1 aromatic carbocycles. The molecule has 6 atom stereocenters. The van der Waals surface area contributed by atoms with E-state index in [9.17, 15) is 19.5 Å². The van der Waals surface area contributed by atoms with Crippen molar-refractivity contribution < 1.29 is 33.7 Å². The molecule has 10 heteroatoms. The first kappa shape index (κ1) is 23.0. The highest BCUT2D eigenvalue weighted by molar-refractivity contribution is 9.09. The van der Waals surface area contributed by atoms with E-state index in [4.69, 9.17) is 14.2 Å². The fraction of sp³-hybridized carbons (Fsp3) is 0.591. The predicted molar refractivity (Wildman–Crippen MR) is 117 cm³/mol. The number of ether oxygens (including phenoxy) is 3. The molecule has 0 saturated carbocycles. The molecule has 3 heterocycles. The number of anilines is 1. The van der Waals surface area contributed by atoms with Gasteiger partial charge in [0.1, 0.15) is 17.4 Å². The minimum absolute atomic E-state index is 0.125. The van der Waals surface area contributed by atoms with Crippen molar-refractivity contribution in [2.45, 2.75) is 42.3 Å². The number of hydrogen-bond donors (Lipinski definition) is 2. The number of esters is 1. The van der Waals surface area contributed by atoms with Crippen LogP contribution < -0.4 is 10.1 Å². The lowest BCUT2D eigenvalue weighted by Crippen LogP contribution is -2.54. The summed E-state index contributed by atoms with van der Waals surface area (Å²) in [6.45, 7) is 1.96. The van der Waals surface area contributed by atoms with Crippen LogP contribution in [0.1, 0.15) is 19.8 Å². The Morgan fingerprint density at radius 3 is 2.69 bits per heavy atom. The molecule has 1 unspecified atom stereocenters. The van der Waals surface area contributed by atoms with Crippen LogP contribution in [0.5, 0.6) is 5.75 Å². The Morgan fingerprint density at radius 2 is 2.06 bits per heavy atom.